The van der Waals surface area contributed by atoms with Gasteiger partial charge in [-0.2, -0.15) is 0 Å². The monoisotopic (exact) mass is 339 g/mol. The fourth-order valence-electron chi connectivity index (χ4n) is 2.93. The largest absolute Gasteiger partial charge is 0.493 e. The van der Waals surface area contributed by atoms with E-state index >= 15 is 0 Å². The van der Waals surface area contributed by atoms with E-state index in [1.165, 1.54) is 24.8 Å². The van der Waals surface area contributed by atoms with Crippen molar-refractivity contribution in [1.82, 2.24) is 5.32 Å². The van der Waals surface area contributed by atoms with E-state index < -0.39 is 0 Å². The van der Waals surface area contributed by atoms with E-state index in [4.69, 9.17) is 9.47 Å². The van der Waals surface area contributed by atoms with E-state index in [1.54, 1.807) is 7.11 Å². The highest BCUT2D eigenvalue weighted by atomic mass is 79.9. The third-order valence-electron chi connectivity index (χ3n) is 4.53. The van der Waals surface area contributed by atoms with Gasteiger partial charge in [-0.1, -0.05) is 15.9 Å². The van der Waals surface area contributed by atoms with Gasteiger partial charge in [0.05, 0.1) is 6.61 Å². The smallest absolute Gasteiger partial charge is 0.124 e. The van der Waals surface area contributed by atoms with Crippen LogP contribution in [0.1, 0.15) is 37.3 Å². The van der Waals surface area contributed by atoms with Gasteiger partial charge in [-0.3, -0.25) is 0 Å². The van der Waals surface area contributed by atoms with Crippen molar-refractivity contribution >= 4 is 15.9 Å². The summed E-state index contributed by atoms with van der Waals surface area (Å²) in [6.45, 7) is 2.77. The lowest BCUT2D eigenvalue weighted by molar-refractivity contribution is 0.168. The van der Waals surface area contributed by atoms with E-state index in [-0.39, 0.29) is 0 Å². The normalized spacial score (nSPS) is 23.0. The van der Waals surface area contributed by atoms with E-state index in [1.807, 2.05) is 6.07 Å². The third-order valence-corrected chi connectivity index (χ3v) is 5.02. The summed E-state index contributed by atoms with van der Waals surface area (Å²) in [5.41, 5.74) is 1.77. The van der Waals surface area contributed by atoms with Crippen LogP contribution in [0.25, 0.3) is 0 Å². The standard InChI is InChI=1S/C16H22BrNO2/c1-19-9-7-16(5-6-16)11-18-14-4-8-20-15-3-2-12(17)10-13(14)15/h2-3,10,14,18H,4-9,11H2,1H3. The average Bonchev–Trinajstić information content (AvgIpc) is 3.23. The molecular weight excluding hydrogens is 318 g/mol. The maximum Gasteiger partial charge on any atom is 0.124 e. The Bertz CT molecular complexity index is 474. The molecule has 1 heterocycles. The Balaban J connectivity index is 1.63. The Morgan fingerprint density at radius 3 is 3.05 bits per heavy atom. The van der Waals surface area contributed by atoms with E-state index in [2.05, 4.69) is 33.4 Å². The lowest BCUT2D eigenvalue weighted by Gasteiger charge is -2.29. The zero-order chi connectivity index (χ0) is 14.0. The summed E-state index contributed by atoms with van der Waals surface area (Å²) in [5.74, 6) is 1.03. The molecule has 1 atom stereocenters. The van der Waals surface area contributed by atoms with Crippen molar-refractivity contribution in [3.63, 3.8) is 0 Å². The molecule has 1 aromatic carbocycles. The molecular formula is C16H22BrNO2. The Morgan fingerprint density at radius 1 is 1.45 bits per heavy atom. The molecule has 110 valence electrons. The Morgan fingerprint density at radius 2 is 2.30 bits per heavy atom. The first-order valence-electron chi connectivity index (χ1n) is 7.37. The molecule has 0 saturated heterocycles. The second-order valence-electron chi connectivity index (χ2n) is 6.00. The van der Waals surface area contributed by atoms with Crippen molar-refractivity contribution in [3.05, 3.63) is 28.2 Å². The molecule has 1 aliphatic carbocycles. The molecule has 1 saturated carbocycles. The summed E-state index contributed by atoms with van der Waals surface area (Å²) in [7, 11) is 1.79. The summed E-state index contributed by atoms with van der Waals surface area (Å²) in [6.07, 6.45) is 4.88. The molecule has 1 aliphatic heterocycles. The van der Waals surface area contributed by atoms with Crippen molar-refractivity contribution in [3.8, 4) is 5.75 Å². The van der Waals surface area contributed by atoms with Crippen LogP contribution in [0, 0.1) is 5.41 Å². The zero-order valence-electron chi connectivity index (χ0n) is 12.0. The second-order valence-corrected chi connectivity index (χ2v) is 6.91. The SMILES string of the molecule is COCCC1(CNC2CCOc3ccc(Br)cc32)CC1. The van der Waals surface area contributed by atoms with Gasteiger partial charge in [-0.25, -0.2) is 0 Å². The summed E-state index contributed by atoms with van der Waals surface area (Å²) >= 11 is 3.56. The highest BCUT2D eigenvalue weighted by molar-refractivity contribution is 9.10. The molecule has 0 bridgehead atoms. The fraction of sp³-hybridized carbons (Fsp3) is 0.625. The molecule has 4 heteroatoms. The Labute approximate surface area is 129 Å². The van der Waals surface area contributed by atoms with Crippen LogP contribution in [0.5, 0.6) is 5.75 Å². The summed E-state index contributed by atoms with van der Waals surface area (Å²) in [5, 5.41) is 3.76. The van der Waals surface area contributed by atoms with Crippen molar-refractivity contribution < 1.29 is 9.47 Å². The summed E-state index contributed by atoms with van der Waals surface area (Å²) in [6, 6.07) is 6.70. The highest BCUT2D eigenvalue weighted by Crippen LogP contribution is 2.48. The van der Waals surface area contributed by atoms with Gasteiger partial charge in [0.25, 0.3) is 0 Å². The number of hydrogen-bond donors (Lipinski definition) is 1. The predicted molar refractivity (Wildman–Crippen MR) is 83.2 cm³/mol. The van der Waals surface area contributed by atoms with Crippen LogP contribution >= 0.6 is 15.9 Å². The molecule has 3 rings (SSSR count). The van der Waals surface area contributed by atoms with Gasteiger partial charge in [0.2, 0.25) is 0 Å². The minimum absolute atomic E-state index is 0.413. The number of fused-ring (bicyclic) bond motifs is 1. The van der Waals surface area contributed by atoms with Crippen LogP contribution in [0.3, 0.4) is 0 Å². The number of ether oxygens (including phenoxy) is 2. The molecule has 0 amide bonds. The van der Waals surface area contributed by atoms with Crippen LogP contribution in [-0.2, 0) is 4.74 Å². The molecule has 20 heavy (non-hydrogen) atoms. The molecule has 1 N–H and O–H groups in total. The predicted octanol–water partition coefficient (Wildman–Crippen LogP) is 3.68. The first-order valence-corrected chi connectivity index (χ1v) is 8.16. The third kappa shape index (κ3) is 3.18. The molecule has 3 nitrogen and oxygen atoms in total. The van der Waals surface area contributed by atoms with Crippen molar-refractivity contribution in [2.75, 3.05) is 26.9 Å². The maximum absolute atomic E-state index is 5.74. The van der Waals surface area contributed by atoms with Gasteiger partial charge in [0.15, 0.2) is 0 Å². The number of hydrogen-bond acceptors (Lipinski definition) is 3. The number of methoxy groups -OCH3 is 1. The number of benzene rings is 1. The lowest BCUT2D eigenvalue weighted by atomic mass is 9.98. The van der Waals surface area contributed by atoms with Crippen LogP contribution in [0.2, 0.25) is 0 Å². The van der Waals surface area contributed by atoms with Crippen molar-refractivity contribution in [1.29, 1.82) is 0 Å². The number of rotatable bonds is 6. The topological polar surface area (TPSA) is 30.5 Å². The Kier molecular flexibility index (Phi) is 4.34. The van der Waals surface area contributed by atoms with E-state index in [9.17, 15) is 0 Å². The van der Waals surface area contributed by atoms with Gasteiger partial charge < -0.3 is 14.8 Å². The van der Waals surface area contributed by atoms with Crippen molar-refractivity contribution in [2.24, 2.45) is 5.41 Å². The van der Waals surface area contributed by atoms with Crippen LogP contribution in [0.15, 0.2) is 22.7 Å². The Hall–Kier alpha value is -0.580. The van der Waals surface area contributed by atoms with Crippen LogP contribution in [0.4, 0.5) is 0 Å². The zero-order valence-corrected chi connectivity index (χ0v) is 13.5. The van der Waals surface area contributed by atoms with Gasteiger partial charge >= 0.3 is 0 Å². The van der Waals surface area contributed by atoms with Crippen LogP contribution < -0.4 is 10.1 Å². The highest BCUT2D eigenvalue weighted by Gasteiger charge is 2.42. The molecule has 0 aromatic heterocycles. The fourth-order valence-corrected chi connectivity index (χ4v) is 3.31. The first kappa shape index (κ1) is 14.4. The molecule has 0 spiro atoms. The molecule has 0 radical (unpaired) electrons. The quantitative estimate of drug-likeness (QED) is 0.857. The number of nitrogens with one attached hydrogen (secondary N) is 1. The molecule has 2 aliphatic rings. The molecule has 1 aromatic rings. The van der Waals surface area contributed by atoms with Crippen molar-refractivity contribution in [2.45, 2.75) is 31.7 Å². The minimum atomic E-state index is 0.413. The van der Waals surface area contributed by atoms with Gasteiger partial charge in [-0.05, 0) is 42.9 Å². The van der Waals surface area contributed by atoms with Gasteiger partial charge in [0.1, 0.15) is 5.75 Å². The number of halogens is 1. The molecule has 1 unspecified atom stereocenters. The summed E-state index contributed by atoms with van der Waals surface area (Å²) in [4.78, 5) is 0. The lowest BCUT2D eigenvalue weighted by Crippen LogP contribution is -2.32. The average molecular weight is 340 g/mol. The minimum Gasteiger partial charge on any atom is -0.493 e. The summed E-state index contributed by atoms with van der Waals surface area (Å²) < 4.78 is 12.1. The van der Waals surface area contributed by atoms with Gasteiger partial charge in [0, 0.05) is 42.8 Å². The van der Waals surface area contributed by atoms with Crippen LogP contribution in [-0.4, -0.2) is 26.9 Å². The first-order chi connectivity index (χ1) is 9.72. The van der Waals surface area contributed by atoms with Gasteiger partial charge in [-0.15, -0.1) is 0 Å². The molecule has 1 fully saturated rings. The second kappa shape index (κ2) is 6.04. The van der Waals surface area contributed by atoms with E-state index in [0.717, 1.165) is 36.4 Å². The van der Waals surface area contributed by atoms with E-state index in [0.29, 0.717) is 11.5 Å². The maximum atomic E-state index is 5.74.